The third-order valence-corrected chi connectivity index (χ3v) is 3.21. The van der Waals surface area contributed by atoms with Crippen LogP contribution in [0.5, 0.6) is 0 Å². The molecule has 0 aliphatic rings. The van der Waals surface area contributed by atoms with E-state index in [1.54, 1.807) is 18.2 Å². The van der Waals surface area contributed by atoms with Gasteiger partial charge in [-0.25, -0.2) is 0 Å². The molecule has 2 N–H and O–H groups in total. The lowest BCUT2D eigenvalue weighted by Gasteiger charge is -2.07. The predicted molar refractivity (Wildman–Crippen MR) is 68.7 cm³/mol. The van der Waals surface area contributed by atoms with Gasteiger partial charge >= 0.3 is 12.1 Å². The van der Waals surface area contributed by atoms with Crippen molar-refractivity contribution in [2.75, 3.05) is 0 Å². The Labute approximate surface area is 113 Å². The van der Waals surface area contributed by atoms with Crippen LogP contribution in [0, 0.1) is 0 Å². The molecule has 1 aromatic carbocycles. The average Bonchev–Trinajstić information content (AvgIpc) is 2.66. The molecule has 0 aliphatic carbocycles. The second-order valence-corrected chi connectivity index (χ2v) is 5.01. The number of rotatable bonds is 3. The molecule has 0 atom stereocenters. The third-order valence-electron chi connectivity index (χ3n) is 3.21. The molecule has 0 bridgehead atoms. The number of H-pyrrole nitrogens is 1. The Morgan fingerprint density at radius 1 is 1.35 bits per heavy atom. The monoisotopic (exact) mass is 285 g/mol. The quantitative estimate of drug-likeness (QED) is 0.897. The Balaban J connectivity index is 2.71. The van der Waals surface area contributed by atoms with Crippen LogP contribution in [0.25, 0.3) is 10.9 Å². The van der Waals surface area contributed by atoms with E-state index in [4.69, 9.17) is 5.11 Å². The number of hydrogen-bond donors (Lipinski definition) is 2. The van der Waals surface area contributed by atoms with Crippen molar-refractivity contribution >= 4 is 16.9 Å². The van der Waals surface area contributed by atoms with Crippen LogP contribution in [0.3, 0.4) is 0 Å². The number of aromatic amines is 1. The summed E-state index contributed by atoms with van der Waals surface area (Å²) in [4.78, 5) is 13.1. The Morgan fingerprint density at radius 2 is 2.00 bits per heavy atom. The number of fused-ring (bicyclic) bond motifs is 1. The number of carboxylic acids is 1. The number of carbonyl (C=O) groups is 1. The van der Waals surface area contributed by atoms with Gasteiger partial charge in [0.25, 0.3) is 0 Å². The number of halogens is 3. The van der Waals surface area contributed by atoms with Crippen LogP contribution in [-0.4, -0.2) is 16.1 Å². The second kappa shape index (κ2) is 4.85. The molecule has 2 aromatic rings. The topological polar surface area (TPSA) is 53.1 Å². The minimum atomic E-state index is -4.60. The van der Waals surface area contributed by atoms with Crippen LogP contribution in [0.4, 0.5) is 13.2 Å². The smallest absolute Gasteiger partial charge is 0.431 e. The first-order valence-corrected chi connectivity index (χ1v) is 6.13. The summed E-state index contributed by atoms with van der Waals surface area (Å²) in [5.41, 5.74) is -0.00635. The van der Waals surface area contributed by atoms with E-state index in [1.165, 1.54) is 0 Å². The highest BCUT2D eigenvalue weighted by Gasteiger charge is 2.36. The minimum Gasteiger partial charge on any atom is -0.481 e. The SMILES string of the molecule is CC(C)c1ccc2[nH]c(C(F)(F)F)c(CC(=O)O)c2c1. The van der Waals surface area contributed by atoms with E-state index in [2.05, 4.69) is 4.98 Å². The highest BCUT2D eigenvalue weighted by atomic mass is 19.4. The van der Waals surface area contributed by atoms with Gasteiger partial charge in [-0.05, 0) is 23.6 Å². The molecule has 0 amide bonds. The molecular weight excluding hydrogens is 271 g/mol. The fraction of sp³-hybridized carbons (Fsp3) is 0.357. The first-order chi connectivity index (χ1) is 9.20. The fourth-order valence-corrected chi connectivity index (χ4v) is 2.20. The van der Waals surface area contributed by atoms with E-state index in [1.807, 2.05) is 13.8 Å². The first kappa shape index (κ1) is 14.4. The van der Waals surface area contributed by atoms with Gasteiger partial charge in [-0.15, -0.1) is 0 Å². The highest BCUT2D eigenvalue weighted by Crippen LogP contribution is 2.36. The lowest BCUT2D eigenvalue weighted by Crippen LogP contribution is -2.11. The summed E-state index contributed by atoms with van der Waals surface area (Å²) in [6.07, 6.45) is -5.25. The molecule has 108 valence electrons. The van der Waals surface area contributed by atoms with E-state index < -0.39 is 24.3 Å². The standard InChI is InChI=1S/C14H14F3NO2/c1-7(2)8-3-4-11-9(5-8)10(6-12(19)20)13(18-11)14(15,16)17/h3-5,7,18H,6H2,1-2H3,(H,19,20). The summed E-state index contributed by atoms with van der Waals surface area (Å²) >= 11 is 0. The predicted octanol–water partition coefficient (Wildman–Crippen LogP) is 3.94. The van der Waals surface area contributed by atoms with Crippen LogP contribution in [0.1, 0.15) is 36.6 Å². The van der Waals surface area contributed by atoms with Crippen molar-refractivity contribution < 1.29 is 23.1 Å². The van der Waals surface area contributed by atoms with Crippen molar-refractivity contribution in [3.05, 3.63) is 35.0 Å². The van der Waals surface area contributed by atoms with Gasteiger partial charge < -0.3 is 10.1 Å². The zero-order valence-corrected chi connectivity index (χ0v) is 11.0. The molecule has 20 heavy (non-hydrogen) atoms. The second-order valence-electron chi connectivity index (χ2n) is 5.01. The molecule has 0 spiro atoms. The van der Waals surface area contributed by atoms with Crippen molar-refractivity contribution in [1.29, 1.82) is 0 Å². The van der Waals surface area contributed by atoms with Crippen LogP contribution in [0.15, 0.2) is 18.2 Å². The molecule has 6 heteroatoms. The molecule has 0 saturated carbocycles. The average molecular weight is 285 g/mol. The Morgan fingerprint density at radius 3 is 2.50 bits per heavy atom. The number of benzene rings is 1. The van der Waals surface area contributed by atoms with Crippen molar-refractivity contribution in [1.82, 2.24) is 4.98 Å². The minimum absolute atomic E-state index is 0.154. The van der Waals surface area contributed by atoms with E-state index in [0.717, 1.165) is 5.56 Å². The van der Waals surface area contributed by atoms with Crippen LogP contribution in [0.2, 0.25) is 0 Å². The molecule has 2 rings (SSSR count). The van der Waals surface area contributed by atoms with Gasteiger partial charge in [0.15, 0.2) is 0 Å². The summed E-state index contributed by atoms with van der Waals surface area (Å²) in [6, 6.07) is 4.93. The number of alkyl halides is 3. The third kappa shape index (κ3) is 2.64. The number of nitrogens with one attached hydrogen (secondary N) is 1. The normalized spacial score (nSPS) is 12.3. The molecule has 0 fully saturated rings. The van der Waals surface area contributed by atoms with Gasteiger partial charge in [-0.3, -0.25) is 4.79 Å². The summed E-state index contributed by atoms with van der Waals surface area (Å²) < 4.78 is 38.9. The Hall–Kier alpha value is -1.98. The molecular formula is C14H14F3NO2. The van der Waals surface area contributed by atoms with Gasteiger partial charge in [0.05, 0.1) is 6.42 Å². The number of hydrogen-bond acceptors (Lipinski definition) is 1. The van der Waals surface area contributed by atoms with Crippen LogP contribution < -0.4 is 0 Å². The maximum Gasteiger partial charge on any atom is 0.431 e. The van der Waals surface area contributed by atoms with Gasteiger partial charge in [0, 0.05) is 16.5 Å². The molecule has 1 aromatic heterocycles. The van der Waals surface area contributed by atoms with Crippen molar-refractivity contribution in [2.45, 2.75) is 32.4 Å². The summed E-state index contributed by atoms with van der Waals surface area (Å²) in [6.45, 7) is 3.85. The molecule has 0 aliphatic heterocycles. The van der Waals surface area contributed by atoms with Crippen molar-refractivity contribution in [3.8, 4) is 0 Å². The summed E-state index contributed by atoms with van der Waals surface area (Å²) in [5, 5.41) is 9.16. The summed E-state index contributed by atoms with van der Waals surface area (Å²) in [5.74, 6) is -1.13. The van der Waals surface area contributed by atoms with Crippen molar-refractivity contribution in [3.63, 3.8) is 0 Å². The molecule has 1 heterocycles. The van der Waals surface area contributed by atoms with Gasteiger partial charge in [-0.1, -0.05) is 19.9 Å². The maximum absolute atomic E-state index is 13.0. The van der Waals surface area contributed by atoms with Crippen molar-refractivity contribution in [2.24, 2.45) is 0 Å². The zero-order valence-electron chi connectivity index (χ0n) is 11.0. The van der Waals surface area contributed by atoms with E-state index in [9.17, 15) is 18.0 Å². The Bertz CT molecular complexity index is 656. The lowest BCUT2D eigenvalue weighted by atomic mass is 9.99. The lowest BCUT2D eigenvalue weighted by molar-refractivity contribution is -0.142. The van der Waals surface area contributed by atoms with Gasteiger partial charge in [0.2, 0.25) is 0 Å². The molecule has 0 radical (unpaired) electrons. The van der Waals surface area contributed by atoms with Crippen LogP contribution >= 0.6 is 0 Å². The first-order valence-electron chi connectivity index (χ1n) is 6.13. The number of aliphatic carboxylic acids is 1. The van der Waals surface area contributed by atoms with E-state index in [-0.39, 0.29) is 11.5 Å². The Kier molecular flexibility index (Phi) is 3.50. The van der Waals surface area contributed by atoms with Crippen LogP contribution in [-0.2, 0) is 17.4 Å². The molecule has 3 nitrogen and oxygen atoms in total. The summed E-state index contributed by atoms with van der Waals surface area (Å²) in [7, 11) is 0. The van der Waals surface area contributed by atoms with E-state index >= 15 is 0 Å². The fourth-order valence-electron chi connectivity index (χ4n) is 2.20. The molecule has 0 saturated heterocycles. The number of carboxylic acid groups (broad SMARTS) is 1. The van der Waals surface area contributed by atoms with E-state index in [0.29, 0.717) is 10.9 Å². The molecule has 0 unspecified atom stereocenters. The number of aromatic nitrogens is 1. The van der Waals surface area contributed by atoms with Gasteiger partial charge in [0.1, 0.15) is 5.69 Å². The largest absolute Gasteiger partial charge is 0.481 e. The highest BCUT2D eigenvalue weighted by molar-refractivity contribution is 5.89. The zero-order chi connectivity index (χ0) is 15.1. The maximum atomic E-state index is 13.0. The van der Waals surface area contributed by atoms with Gasteiger partial charge in [-0.2, -0.15) is 13.2 Å².